The number of halogens is 2. The summed E-state index contributed by atoms with van der Waals surface area (Å²) in [6.45, 7) is 3.86. The minimum absolute atomic E-state index is 0.740. The van der Waals surface area contributed by atoms with Crippen molar-refractivity contribution in [3.05, 3.63) is 11.8 Å². The number of hydrogen-bond acceptors (Lipinski definition) is 1. The lowest BCUT2D eigenvalue weighted by Crippen LogP contribution is -2.00. The quantitative estimate of drug-likeness (QED) is 0.463. The van der Waals surface area contributed by atoms with Crippen LogP contribution in [0.2, 0.25) is 0 Å². The molecule has 0 aromatic rings. The van der Waals surface area contributed by atoms with E-state index in [0.29, 0.717) is 0 Å². The van der Waals surface area contributed by atoms with Gasteiger partial charge < -0.3 is 4.65 Å². The fourth-order valence-corrected chi connectivity index (χ4v) is 0.699. The SMILES string of the molecule is C/C=C(/CC)OB(Cl)Cl. The predicted octanol–water partition coefficient (Wildman–Crippen LogP) is 2.78. The van der Waals surface area contributed by atoms with Crippen LogP contribution < -0.4 is 0 Å². The van der Waals surface area contributed by atoms with Gasteiger partial charge in [-0.15, -0.1) is 22.9 Å². The Balaban J connectivity index is 3.58. The molecule has 0 heterocycles. The summed E-state index contributed by atoms with van der Waals surface area (Å²) in [4.78, 5) is 0. The average molecular weight is 167 g/mol. The molecule has 0 amide bonds. The number of hydrogen-bond donors (Lipinski definition) is 0. The molecule has 0 aromatic heterocycles. The summed E-state index contributed by atoms with van der Waals surface area (Å²) < 4.78 is 4.94. The maximum atomic E-state index is 5.33. The molecule has 52 valence electrons. The highest BCUT2D eigenvalue weighted by atomic mass is 35.5. The molecule has 4 heteroatoms. The van der Waals surface area contributed by atoms with Gasteiger partial charge in [0.25, 0.3) is 0 Å². The van der Waals surface area contributed by atoms with Crippen molar-refractivity contribution >= 4 is 28.7 Å². The summed E-state index contributed by atoms with van der Waals surface area (Å²) in [5.41, 5.74) is 0. The first kappa shape index (κ1) is 9.18. The molecule has 0 fully saturated rings. The molecule has 0 spiro atoms. The monoisotopic (exact) mass is 166 g/mol. The van der Waals surface area contributed by atoms with Crippen molar-refractivity contribution in [3.8, 4) is 0 Å². The Labute approximate surface area is 65.9 Å². The highest BCUT2D eigenvalue weighted by molar-refractivity contribution is 7.30. The normalized spacial score (nSPS) is 11.3. The zero-order valence-electron chi connectivity index (χ0n) is 5.53. The molecule has 0 radical (unpaired) electrons. The molecule has 0 N–H and O–H groups in total. The summed E-state index contributed by atoms with van der Waals surface area (Å²) in [5.74, 6) is 0.0844. The summed E-state index contributed by atoms with van der Waals surface area (Å²) >= 11 is 10.7. The van der Waals surface area contributed by atoms with Gasteiger partial charge in [0.1, 0.15) is 0 Å². The summed E-state index contributed by atoms with van der Waals surface area (Å²) in [5, 5.41) is 0. The Hall–Kier alpha value is 0.185. The lowest BCUT2D eigenvalue weighted by atomic mass is 10.3. The minimum Gasteiger partial charge on any atom is -0.538 e. The van der Waals surface area contributed by atoms with Gasteiger partial charge >= 0.3 is 5.75 Å². The Morgan fingerprint density at radius 2 is 2.22 bits per heavy atom. The highest BCUT2D eigenvalue weighted by Crippen LogP contribution is 2.08. The fraction of sp³-hybridized carbons (Fsp3) is 0.600. The molecule has 0 atom stereocenters. The number of allylic oxidation sites excluding steroid dienone is 2. The molecule has 0 saturated heterocycles. The molecular weight excluding hydrogens is 158 g/mol. The van der Waals surface area contributed by atoms with Crippen molar-refractivity contribution in [3.63, 3.8) is 0 Å². The van der Waals surface area contributed by atoms with E-state index in [0.717, 1.165) is 12.2 Å². The second kappa shape index (κ2) is 5.01. The van der Waals surface area contributed by atoms with Crippen LogP contribution in [0.5, 0.6) is 0 Å². The van der Waals surface area contributed by atoms with Gasteiger partial charge in [0.05, 0.1) is 5.76 Å². The molecule has 0 aliphatic rings. The lowest BCUT2D eigenvalue weighted by Gasteiger charge is -2.05. The third-order valence-corrected chi connectivity index (χ3v) is 1.09. The topological polar surface area (TPSA) is 9.23 Å². The van der Waals surface area contributed by atoms with Gasteiger partial charge in [-0.25, -0.2) is 0 Å². The van der Waals surface area contributed by atoms with Crippen LogP contribution in [0.15, 0.2) is 11.8 Å². The average Bonchev–Trinajstić information content (AvgIpc) is 1.82. The summed E-state index contributed by atoms with van der Waals surface area (Å²) in [7, 11) is 0. The molecule has 0 bridgehead atoms. The Morgan fingerprint density at radius 1 is 1.67 bits per heavy atom. The van der Waals surface area contributed by atoms with Gasteiger partial charge in [-0.2, -0.15) is 0 Å². The molecule has 0 saturated carbocycles. The molecule has 0 rings (SSSR count). The molecule has 0 aromatic carbocycles. The van der Waals surface area contributed by atoms with Crippen molar-refractivity contribution in [1.82, 2.24) is 0 Å². The highest BCUT2D eigenvalue weighted by Gasteiger charge is 2.08. The maximum Gasteiger partial charge on any atom is 0.576 e. The first-order valence-electron chi connectivity index (χ1n) is 2.80. The van der Waals surface area contributed by atoms with E-state index in [-0.39, 0.29) is 0 Å². The van der Waals surface area contributed by atoms with Crippen LogP contribution in [-0.2, 0) is 4.65 Å². The third-order valence-electron chi connectivity index (χ3n) is 0.911. The fourth-order valence-electron chi connectivity index (χ4n) is 0.470. The Bertz CT molecular complexity index is 103. The summed E-state index contributed by atoms with van der Waals surface area (Å²) in [6, 6.07) is 0. The van der Waals surface area contributed by atoms with Gasteiger partial charge in [-0.1, -0.05) is 13.0 Å². The van der Waals surface area contributed by atoms with Crippen LogP contribution >= 0.6 is 22.9 Å². The standard InChI is InChI=1S/C5H9BCl2O/c1-3-5(4-2)9-6(7)8/h3H,4H2,1-2H3/b5-3-. The van der Waals surface area contributed by atoms with Crippen molar-refractivity contribution in [1.29, 1.82) is 0 Å². The molecular formula is C5H9BCl2O. The van der Waals surface area contributed by atoms with Crippen LogP contribution in [0.25, 0.3) is 0 Å². The van der Waals surface area contributed by atoms with Crippen LogP contribution in [0.1, 0.15) is 20.3 Å². The largest absolute Gasteiger partial charge is 0.576 e. The van der Waals surface area contributed by atoms with Gasteiger partial charge in [-0.05, 0) is 13.3 Å². The van der Waals surface area contributed by atoms with E-state index in [1.54, 1.807) is 0 Å². The molecule has 0 aliphatic carbocycles. The third kappa shape index (κ3) is 4.67. The second-order valence-corrected chi connectivity index (χ2v) is 2.50. The Morgan fingerprint density at radius 3 is 2.33 bits per heavy atom. The van der Waals surface area contributed by atoms with Crippen LogP contribution in [-0.4, -0.2) is 5.75 Å². The van der Waals surface area contributed by atoms with E-state index in [9.17, 15) is 0 Å². The first-order chi connectivity index (χ1) is 4.20. The second-order valence-electron chi connectivity index (χ2n) is 1.49. The molecule has 0 aliphatic heterocycles. The van der Waals surface area contributed by atoms with Crippen molar-refractivity contribution in [2.45, 2.75) is 20.3 Å². The maximum absolute atomic E-state index is 5.33. The van der Waals surface area contributed by atoms with Crippen molar-refractivity contribution in [2.24, 2.45) is 0 Å². The van der Waals surface area contributed by atoms with Crippen LogP contribution in [0.4, 0.5) is 0 Å². The van der Waals surface area contributed by atoms with E-state index in [4.69, 9.17) is 27.6 Å². The van der Waals surface area contributed by atoms with E-state index < -0.39 is 5.75 Å². The number of rotatable bonds is 3. The van der Waals surface area contributed by atoms with Crippen LogP contribution in [0, 0.1) is 0 Å². The van der Waals surface area contributed by atoms with E-state index >= 15 is 0 Å². The predicted molar refractivity (Wildman–Crippen MR) is 42.6 cm³/mol. The lowest BCUT2D eigenvalue weighted by molar-refractivity contribution is 0.439. The minimum atomic E-state index is -0.740. The molecule has 9 heavy (non-hydrogen) atoms. The van der Waals surface area contributed by atoms with Crippen molar-refractivity contribution < 1.29 is 4.65 Å². The van der Waals surface area contributed by atoms with Crippen LogP contribution in [0.3, 0.4) is 0 Å². The molecule has 1 nitrogen and oxygen atoms in total. The molecule has 0 unspecified atom stereocenters. The van der Waals surface area contributed by atoms with E-state index in [2.05, 4.69) is 0 Å². The van der Waals surface area contributed by atoms with Crippen molar-refractivity contribution in [2.75, 3.05) is 0 Å². The summed E-state index contributed by atoms with van der Waals surface area (Å²) in [6.07, 6.45) is 2.67. The van der Waals surface area contributed by atoms with Gasteiger partial charge in [0.15, 0.2) is 0 Å². The van der Waals surface area contributed by atoms with E-state index in [1.807, 2.05) is 19.9 Å². The van der Waals surface area contributed by atoms with Gasteiger partial charge in [0.2, 0.25) is 0 Å². The van der Waals surface area contributed by atoms with E-state index in [1.165, 1.54) is 0 Å². The Kier molecular flexibility index (Phi) is 5.11. The zero-order chi connectivity index (χ0) is 7.28. The smallest absolute Gasteiger partial charge is 0.538 e. The van der Waals surface area contributed by atoms with Gasteiger partial charge in [0, 0.05) is 0 Å². The first-order valence-corrected chi connectivity index (χ1v) is 3.68. The van der Waals surface area contributed by atoms with Gasteiger partial charge in [-0.3, -0.25) is 0 Å². The zero-order valence-corrected chi connectivity index (χ0v) is 7.04.